The fraction of sp³-hybridized carbons (Fsp3) is 0.250. The standard InChI is InChI=1S/C40H37ClN4O4/c1-25-31(23-49-39-37(41)17-32(21-46)38(44-39)48-22-28-15-27(18-42)19-43-20-28)7-5-9-34(25)35-10-6-8-33(26(35)2)29-11-12-36-30(16-29)13-14-40(36,24-47)45(3)4/h5-12,15-17,19-21,47H,13-14,22-24H2,1-4H3/t40-/m0/s1. The first-order chi connectivity index (χ1) is 23.7. The van der Waals surface area contributed by atoms with Crippen LogP contribution in [0.2, 0.25) is 5.02 Å². The number of nitriles is 1. The summed E-state index contributed by atoms with van der Waals surface area (Å²) < 4.78 is 11.9. The number of aromatic nitrogens is 2. The summed E-state index contributed by atoms with van der Waals surface area (Å²) >= 11 is 6.48. The molecule has 49 heavy (non-hydrogen) atoms. The second-order valence-corrected chi connectivity index (χ2v) is 13.0. The summed E-state index contributed by atoms with van der Waals surface area (Å²) in [7, 11) is 4.07. The molecule has 1 aliphatic rings. The number of halogens is 1. The number of nitrogens with zero attached hydrogens (tertiary/aromatic N) is 4. The van der Waals surface area contributed by atoms with Gasteiger partial charge < -0.3 is 14.6 Å². The zero-order valence-corrected chi connectivity index (χ0v) is 28.7. The second kappa shape index (κ2) is 14.2. The molecule has 1 atom stereocenters. The summed E-state index contributed by atoms with van der Waals surface area (Å²) in [5, 5.41) is 19.7. The number of fused-ring (bicyclic) bond motifs is 1. The molecule has 1 N–H and O–H groups in total. The Labute approximate surface area is 291 Å². The smallest absolute Gasteiger partial charge is 0.236 e. The molecule has 0 amide bonds. The van der Waals surface area contributed by atoms with Crippen LogP contribution in [0, 0.1) is 25.2 Å². The molecule has 0 bridgehead atoms. The van der Waals surface area contributed by atoms with Crippen LogP contribution in [0.5, 0.6) is 11.8 Å². The van der Waals surface area contributed by atoms with Gasteiger partial charge in [-0.15, -0.1) is 0 Å². The number of benzene rings is 3. The molecule has 0 saturated carbocycles. The fourth-order valence-electron chi connectivity index (χ4n) is 6.74. The lowest BCUT2D eigenvalue weighted by atomic mass is 9.87. The summed E-state index contributed by atoms with van der Waals surface area (Å²) in [6.45, 7) is 4.58. The molecule has 0 saturated heterocycles. The largest absolute Gasteiger partial charge is 0.472 e. The van der Waals surface area contributed by atoms with Crippen LogP contribution in [0.25, 0.3) is 22.3 Å². The van der Waals surface area contributed by atoms with Gasteiger partial charge in [-0.2, -0.15) is 10.2 Å². The van der Waals surface area contributed by atoms with E-state index in [-0.39, 0.29) is 47.7 Å². The van der Waals surface area contributed by atoms with Gasteiger partial charge in [-0.25, -0.2) is 0 Å². The second-order valence-electron chi connectivity index (χ2n) is 12.6. The van der Waals surface area contributed by atoms with Crippen molar-refractivity contribution >= 4 is 17.9 Å². The Morgan fingerprint density at radius 3 is 2.43 bits per heavy atom. The minimum Gasteiger partial charge on any atom is -0.472 e. The number of aldehydes is 1. The number of carbonyl (C=O) groups excluding carboxylic acids is 1. The van der Waals surface area contributed by atoms with Crippen molar-refractivity contribution in [2.45, 2.75) is 45.4 Å². The van der Waals surface area contributed by atoms with Gasteiger partial charge in [0, 0.05) is 18.0 Å². The molecule has 8 nitrogen and oxygen atoms in total. The van der Waals surface area contributed by atoms with Crippen LogP contribution in [0.4, 0.5) is 0 Å². The fourth-order valence-corrected chi connectivity index (χ4v) is 6.95. The molecule has 2 heterocycles. The minimum atomic E-state index is -0.335. The first-order valence-corrected chi connectivity index (χ1v) is 16.4. The van der Waals surface area contributed by atoms with Gasteiger partial charge in [0.25, 0.3) is 0 Å². The maximum atomic E-state index is 11.8. The third-order valence-electron chi connectivity index (χ3n) is 9.64. The summed E-state index contributed by atoms with van der Waals surface area (Å²) in [6, 6.07) is 24.4. The number of aryl methyl sites for hydroxylation is 1. The number of carbonyl (C=O) groups is 1. The highest BCUT2D eigenvalue weighted by Gasteiger charge is 2.40. The van der Waals surface area contributed by atoms with Gasteiger partial charge in [-0.05, 0) is 103 Å². The predicted molar refractivity (Wildman–Crippen MR) is 190 cm³/mol. The van der Waals surface area contributed by atoms with Crippen molar-refractivity contribution in [2.24, 2.45) is 0 Å². The number of ether oxygens (including phenoxy) is 2. The SMILES string of the molecule is Cc1c(COc2nc(OCc3cncc(C#N)c3)c(C=O)cc2Cl)cccc1-c1cccc(-c2ccc3c(c2)CC[C@@]3(CO)N(C)C)c1C. The molecule has 6 rings (SSSR count). The summed E-state index contributed by atoms with van der Waals surface area (Å²) in [6.07, 6.45) is 5.50. The lowest BCUT2D eigenvalue weighted by Gasteiger charge is -2.35. The van der Waals surface area contributed by atoms with Crippen molar-refractivity contribution in [3.05, 3.63) is 129 Å². The summed E-state index contributed by atoms with van der Waals surface area (Å²) in [5.74, 6) is 0.218. The van der Waals surface area contributed by atoms with Crippen LogP contribution in [0.15, 0.2) is 79.1 Å². The minimum absolute atomic E-state index is 0.0575. The Kier molecular flexibility index (Phi) is 9.79. The Balaban J connectivity index is 1.24. The molecule has 0 unspecified atom stereocenters. The Bertz CT molecular complexity index is 2090. The molecule has 0 radical (unpaired) electrons. The Hall–Kier alpha value is -5.07. The molecule has 9 heteroatoms. The van der Waals surface area contributed by atoms with E-state index in [0.29, 0.717) is 17.4 Å². The van der Waals surface area contributed by atoms with Crippen molar-refractivity contribution in [3.63, 3.8) is 0 Å². The molecule has 2 aromatic heterocycles. The van der Waals surface area contributed by atoms with E-state index in [0.717, 1.165) is 40.7 Å². The van der Waals surface area contributed by atoms with E-state index in [4.69, 9.17) is 26.3 Å². The molecule has 0 spiro atoms. The maximum absolute atomic E-state index is 11.8. The third-order valence-corrected chi connectivity index (χ3v) is 9.91. The third kappa shape index (κ3) is 6.53. The average Bonchev–Trinajstić information content (AvgIpc) is 3.50. The average molecular weight is 673 g/mol. The van der Waals surface area contributed by atoms with E-state index in [1.165, 1.54) is 34.5 Å². The van der Waals surface area contributed by atoms with Crippen molar-refractivity contribution in [1.29, 1.82) is 5.26 Å². The molecule has 1 aliphatic carbocycles. The summed E-state index contributed by atoms with van der Waals surface area (Å²) in [4.78, 5) is 22.4. The molecule has 3 aromatic carbocycles. The number of aliphatic hydroxyl groups excluding tert-OH is 1. The van der Waals surface area contributed by atoms with Gasteiger partial charge in [0.05, 0.1) is 23.3 Å². The monoisotopic (exact) mass is 672 g/mol. The molecular formula is C40H37ClN4O4. The number of pyridine rings is 2. The topological polar surface area (TPSA) is 109 Å². The van der Waals surface area contributed by atoms with Crippen LogP contribution in [-0.2, 0) is 25.2 Å². The zero-order valence-electron chi connectivity index (χ0n) is 28.0. The van der Waals surface area contributed by atoms with Crippen molar-refractivity contribution in [1.82, 2.24) is 14.9 Å². The van der Waals surface area contributed by atoms with Crippen LogP contribution in [0.1, 0.15) is 55.7 Å². The van der Waals surface area contributed by atoms with Gasteiger partial charge >= 0.3 is 0 Å². The highest BCUT2D eigenvalue weighted by atomic mass is 35.5. The van der Waals surface area contributed by atoms with Crippen molar-refractivity contribution < 1.29 is 19.4 Å². The Morgan fingerprint density at radius 2 is 1.69 bits per heavy atom. The van der Waals surface area contributed by atoms with Gasteiger partial charge in [0.2, 0.25) is 11.8 Å². The molecule has 5 aromatic rings. The van der Waals surface area contributed by atoms with Crippen LogP contribution in [-0.4, -0.2) is 47.0 Å². The number of hydrogen-bond donors (Lipinski definition) is 1. The summed E-state index contributed by atoms with van der Waals surface area (Å²) in [5.41, 5.74) is 11.2. The molecular weight excluding hydrogens is 636 g/mol. The normalized spacial score (nSPS) is 15.1. The van der Waals surface area contributed by atoms with Gasteiger partial charge in [0.1, 0.15) is 24.3 Å². The predicted octanol–water partition coefficient (Wildman–Crippen LogP) is 7.62. The van der Waals surface area contributed by atoms with E-state index in [1.807, 2.05) is 32.3 Å². The maximum Gasteiger partial charge on any atom is 0.236 e. The highest BCUT2D eigenvalue weighted by molar-refractivity contribution is 6.32. The molecule has 0 fully saturated rings. The quantitative estimate of drug-likeness (QED) is 0.143. The highest BCUT2D eigenvalue weighted by Crippen LogP contribution is 2.43. The first-order valence-electron chi connectivity index (χ1n) is 16.0. The van der Waals surface area contributed by atoms with E-state index in [2.05, 4.69) is 71.2 Å². The molecule has 248 valence electrons. The van der Waals surface area contributed by atoms with E-state index in [9.17, 15) is 9.90 Å². The number of rotatable bonds is 11. The zero-order chi connectivity index (χ0) is 34.7. The van der Waals surface area contributed by atoms with Gasteiger partial charge in [-0.3, -0.25) is 14.7 Å². The molecule has 0 aliphatic heterocycles. The lowest BCUT2D eigenvalue weighted by molar-refractivity contribution is 0.0674. The van der Waals surface area contributed by atoms with Crippen molar-refractivity contribution in [3.8, 4) is 40.1 Å². The van der Waals surface area contributed by atoms with E-state index >= 15 is 0 Å². The van der Waals surface area contributed by atoms with E-state index < -0.39 is 0 Å². The van der Waals surface area contributed by atoms with Crippen molar-refractivity contribution in [2.75, 3.05) is 20.7 Å². The van der Waals surface area contributed by atoms with E-state index in [1.54, 1.807) is 12.3 Å². The van der Waals surface area contributed by atoms with Gasteiger partial charge in [0.15, 0.2) is 6.29 Å². The number of likely N-dealkylation sites (N-methyl/N-ethyl adjacent to an activating group) is 1. The number of hydrogen-bond acceptors (Lipinski definition) is 8. The lowest BCUT2D eigenvalue weighted by Crippen LogP contribution is -2.42. The Morgan fingerprint density at radius 1 is 0.959 bits per heavy atom. The van der Waals surface area contributed by atoms with Gasteiger partial charge in [-0.1, -0.05) is 66.2 Å². The van der Waals surface area contributed by atoms with Crippen LogP contribution < -0.4 is 9.47 Å². The first kappa shape index (κ1) is 33.8. The number of aliphatic hydroxyl groups is 1. The van der Waals surface area contributed by atoms with Crippen LogP contribution >= 0.6 is 11.6 Å². The van der Waals surface area contributed by atoms with Crippen LogP contribution in [0.3, 0.4) is 0 Å².